The molecular formula is C13H19FN2. The van der Waals surface area contributed by atoms with Crippen molar-refractivity contribution >= 4 is 0 Å². The number of halogens is 1. The Kier molecular flexibility index (Phi) is 4.31. The zero-order chi connectivity index (χ0) is 11.2. The molecule has 0 spiro atoms. The Labute approximate surface area is 96.5 Å². The summed E-state index contributed by atoms with van der Waals surface area (Å²) in [4.78, 5) is 2.20. The predicted molar refractivity (Wildman–Crippen MR) is 64.4 cm³/mol. The van der Waals surface area contributed by atoms with Gasteiger partial charge in [-0.1, -0.05) is 30.3 Å². The lowest BCUT2D eigenvalue weighted by Crippen LogP contribution is -2.45. The first-order valence-corrected chi connectivity index (χ1v) is 5.95. The van der Waals surface area contributed by atoms with E-state index >= 15 is 0 Å². The van der Waals surface area contributed by atoms with Gasteiger partial charge in [0.15, 0.2) is 0 Å². The smallest absolute Gasteiger partial charge is 0.117 e. The van der Waals surface area contributed by atoms with E-state index in [-0.39, 0.29) is 0 Å². The third-order valence-corrected chi connectivity index (χ3v) is 2.97. The van der Waals surface area contributed by atoms with Crippen molar-refractivity contribution in [3.63, 3.8) is 0 Å². The topological polar surface area (TPSA) is 15.3 Å². The standard InChI is InChI=1S/C13H19FN2/c14-13(10-12-4-2-1-3-5-12)11-16-8-6-15-7-9-16/h1-5,13,15H,6-11H2. The Morgan fingerprint density at radius 1 is 1.19 bits per heavy atom. The van der Waals surface area contributed by atoms with Crippen molar-refractivity contribution in [1.29, 1.82) is 0 Å². The Morgan fingerprint density at radius 2 is 1.88 bits per heavy atom. The Morgan fingerprint density at radius 3 is 2.56 bits per heavy atom. The first kappa shape index (κ1) is 11.6. The quantitative estimate of drug-likeness (QED) is 0.830. The maximum absolute atomic E-state index is 13.8. The lowest BCUT2D eigenvalue weighted by atomic mass is 10.1. The van der Waals surface area contributed by atoms with Crippen LogP contribution in [0, 0.1) is 0 Å². The second kappa shape index (κ2) is 5.97. The zero-order valence-corrected chi connectivity index (χ0v) is 9.53. The maximum Gasteiger partial charge on any atom is 0.117 e. The van der Waals surface area contributed by atoms with Gasteiger partial charge in [0.05, 0.1) is 0 Å². The van der Waals surface area contributed by atoms with Gasteiger partial charge in [0.1, 0.15) is 6.17 Å². The van der Waals surface area contributed by atoms with E-state index in [4.69, 9.17) is 0 Å². The van der Waals surface area contributed by atoms with E-state index in [1.807, 2.05) is 30.3 Å². The van der Waals surface area contributed by atoms with Crippen LogP contribution in [0.2, 0.25) is 0 Å². The number of piperazine rings is 1. The van der Waals surface area contributed by atoms with Gasteiger partial charge in [0, 0.05) is 39.1 Å². The average molecular weight is 222 g/mol. The molecule has 2 nitrogen and oxygen atoms in total. The molecule has 0 aliphatic carbocycles. The molecule has 0 saturated carbocycles. The number of hydrogen-bond donors (Lipinski definition) is 1. The van der Waals surface area contributed by atoms with Gasteiger partial charge in [-0.3, -0.25) is 4.90 Å². The Hall–Kier alpha value is -0.930. The molecule has 1 N–H and O–H groups in total. The molecule has 1 saturated heterocycles. The molecular weight excluding hydrogens is 203 g/mol. The minimum absolute atomic E-state index is 0.533. The van der Waals surface area contributed by atoms with Gasteiger partial charge >= 0.3 is 0 Å². The number of nitrogens with one attached hydrogen (secondary N) is 1. The van der Waals surface area contributed by atoms with E-state index < -0.39 is 6.17 Å². The van der Waals surface area contributed by atoms with Crippen molar-refractivity contribution in [1.82, 2.24) is 10.2 Å². The highest BCUT2D eigenvalue weighted by Gasteiger charge is 2.15. The normalized spacial score (nSPS) is 19.6. The summed E-state index contributed by atoms with van der Waals surface area (Å²) in [6.07, 6.45) is -0.217. The van der Waals surface area contributed by atoms with Crippen LogP contribution in [0.25, 0.3) is 0 Å². The third-order valence-electron chi connectivity index (χ3n) is 2.97. The van der Waals surface area contributed by atoms with E-state index in [0.717, 1.165) is 31.7 Å². The molecule has 1 heterocycles. The summed E-state index contributed by atoms with van der Waals surface area (Å²) >= 11 is 0. The molecule has 1 aromatic rings. The molecule has 0 radical (unpaired) electrons. The average Bonchev–Trinajstić information content (AvgIpc) is 2.31. The molecule has 1 aromatic carbocycles. The molecule has 2 rings (SSSR count). The summed E-state index contributed by atoms with van der Waals surface area (Å²) < 4.78 is 13.8. The second-order valence-electron chi connectivity index (χ2n) is 4.34. The van der Waals surface area contributed by atoms with E-state index in [2.05, 4.69) is 10.2 Å². The minimum Gasteiger partial charge on any atom is -0.314 e. The van der Waals surface area contributed by atoms with Crippen molar-refractivity contribution < 1.29 is 4.39 Å². The van der Waals surface area contributed by atoms with Crippen molar-refractivity contribution in [3.8, 4) is 0 Å². The van der Waals surface area contributed by atoms with Crippen LogP contribution in [0.4, 0.5) is 4.39 Å². The first-order valence-electron chi connectivity index (χ1n) is 5.95. The molecule has 0 bridgehead atoms. The molecule has 0 aromatic heterocycles. The van der Waals surface area contributed by atoms with Crippen LogP contribution in [-0.4, -0.2) is 43.8 Å². The van der Waals surface area contributed by atoms with E-state index in [1.54, 1.807) is 0 Å². The van der Waals surface area contributed by atoms with Crippen molar-refractivity contribution in [2.45, 2.75) is 12.6 Å². The molecule has 1 aliphatic rings. The number of nitrogens with zero attached hydrogens (tertiary/aromatic N) is 1. The van der Waals surface area contributed by atoms with Crippen molar-refractivity contribution in [3.05, 3.63) is 35.9 Å². The highest BCUT2D eigenvalue weighted by Crippen LogP contribution is 2.07. The lowest BCUT2D eigenvalue weighted by Gasteiger charge is -2.28. The van der Waals surface area contributed by atoms with Crippen LogP contribution in [0.3, 0.4) is 0 Å². The fourth-order valence-corrected chi connectivity index (χ4v) is 2.11. The molecule has 3 heteroatoms. The summed E-state index contributed by atoms with van der Waals surface area (Å²) in [5.41, 5.74) is 1.09. The highest BCUT2D eigenvalue weighted by molar-refractivity contribution is 5.15. The molecule has 1 aliphatic heterocycles. The fourth-order valence-electron chi connectivity index (χ4n) is 2.11. The number of benzene rings is 1. The first-order chi connectivity index (χ1) is 7.84. The van der Waals surface area contributed by atoms with E-state index in [0.29, 0.717) is 13.0 Å². The monoisotopic (exact) mass is 222 g/mol. The summed E-state index contributed by atoms with van der Waals surface area (Å²) in [6.45, 7) is 4.47. The fraction of sp³-hybridized carbons (Fsp3) is 0.538. The summed E-state index contributed by atoms with van der Waals surface area (Å²) in [6, 6.07) is 9.88. The largest absolute Gasteiger partial charge is 0.314 e. The van der Waals surface area contributed by atoms with Gasteiger partial charge in [0.25, 0.3) is 0 Å². The SMILES string of the molecule is FC(Cc1ccccc1)CN1CCNCC1. The molecule has 1 unspecified atom stereocenters. The molecule has 16 heavy (non-hydrogen) atoms. The van der Waals surface area contributed by atoms with Crippen LogP contribution in [0.1, 0.15) is 5.56 Å². The molecule has 1 atom stereocenters. The van der Waals surface area contributed by atoms with Gasteiger partial charge in [-0.05, 0) is 5.56 Å². The summed E-state index contributed by atoms with van der Waals surface area (Å²) in [7, 11) is 0. The van der Waals surface area contributed by atoms with E-state index in [1.165, 1.54) is 0 Å². The number of alkyl halides is 1. The van der Waals surface area contributed by atoms with Gasteiger partial charge in [-0.2, -0.15) is 0 Å². The number of hydrogen-bond acceptors (Lipinski definition) is 2. The predicted octanol–water partition coefficient (Wildman–Crippen LogP) is 1.47. The van der Waals surface area contributed by atoms with Gasteiger partial charge in [0.2, 0.25) is 0 Å². The maximum atomic E-state index is 13.8. The zero-order valence-electron chi connectivity index (χ0n) is 9.53. The molecule has 88 valence electrons. The van der Waals surface area contributed by atoms with Gasteiger partial charge in [-0.25, -0.2) is 4.39 Å². The van der Waals surface area contributed by atoms with Gasteiger partial charge < -0.3 is 5.32 Å². The second-order valence-corrected chi connectivity index (χ2v) is 4.34. The molecule has 1 fully saturated rings. The highest BCUT2D eigenvalue weighted by atomic mass is 19.1. The van der Waals surface area contributed by atoms with Crippen LogP contribution < -0.4 is 5.32 Å². The minimum atomic E-state index is -0.750. The number of rotatable bonds is 4. The van der Waals surface area contributed by atoms with Crippen molar-refractivity contribution in [2.75, 3.05) is 32.7 Å². The Balaban J connectivity index is 1.77. The van der Waals surface area contributed by atoms with Crippen LogP contribution in [0.15, 0.2) is 30.3 Å². The summed E-state index contributed by atoms with van der Waals surface area (Å²) in [5.74, 6) is 0. The van der Waals surface area contributed by atoms with E-state index in [9.17, 15) is 4.39 Å². The summed E-state index contributed by atoms with van der Waals surface area (Å²) in [5, 5.41) is 3.27. The van der Waals surface area contributed by atoms with Gasteiger partial charge in [-0.15, -0.1) is 0 Å². The van der Waals surface area contributed by atoms with Crippen LogP contribution >= 0.6 is 0 Å². The molecule has 0 amide bonds. The third kappa shape index (κ3) is 3.58. The van der Waals surface area contributed by atoms with Crippen LogP contribution in [-0.2, 0) is 6.42 Å². The van der Waals surface area contributed by atoms with Crippen molar-refractivity contribution in [2.24, 2.45) is 0 Å². The van der Waals surface area contributed by atoms with Crippen LogP contribution in [0.5, 0.6) is 0 Å². The lowest BCUT2D eigenvalue weighted by molar-refractivity contribution is 0.173. The Bertz CT molecular complexity index is 296.